The third kappa shape index (κ3) is 4.82. The molecule has 180 valence electrons. The minimum atomic E-state index is -0.610. The van der Waals surface area contributed by atoms with Gasteiger partial charge >= 0.3 is 0 Å². The normalized spacial score (nSPS) is 17.5. The van der Waals surface area contributed by atoms with Gasteiger partial charge in [-0.15, -0.1) is 10.2 Å². The Bertz CT molecular complexity index is 1230. The largest absolute Gasteiger partial charge is 0.507 e. The number of nitrogens with one attached hydrogen (secondary N) is 1. The van der Waals surface area contributed by atoms with Crippen LogP contribution in [0.15, 0.2) is 47.4 Å². The van der Waals surface area contributed by atoms with E-state index < -0.39 is 5.82 Å². The van der Waals surface area contributed by atoms with Crippen molar-refractivity contribution in [1.29, 1.82) is 0 Å². The lowest BCUT2D eigenvalue weighted by molar-refractivity contribution is 0.160. The zero-order valence-electron chi connectivity index (χ0n) is 20.6. The molecule has 1 fully saturated rings. The van der Waals surface area contributed by atoms with Crippen molar-refractivity contribution >= 4 is 5.82 Å². The molecule has 0 spiro atoms. The average molecular weight is 466 g/mol. The molecular formula is C26H32FN5O2. The molecule has 0 bridgehead atoms. The van der Waals surface area contributed by atoms with E-state index in [9.17, 15) is 9.90 Å². The maximum absolute atomic E-state index is 15.1. The molecule has 8 heteroatoms. The second-order valence-electron chi connectivity index (χ2n) is 10.6. The topological polar surface area (TPSA) is 83.3 Å². The molecule has 2 N–H and O–H groups in total. The molecule has 0 amide bonds. The van der Waals surface area contributed by atoms with Gasteiger partial charge in [0.1, 0.15) is 11.6 Å². The highest BCUT2D eigenvalue weighted by molar-refractivity contribution is 5.74. The van der Waals surface area contributed by atoms with Crippen LogP contribution in [0.25, 0.3) is 22.4 Å². The first-order valence-corrected chi connectivity index (χ1v) is 11.4. The number of halogens is 1. The maximum Gasteiger partial charge on any atom is 0.250 e. The third-order valence-corrected chi connectivity index (χ3v) is 6.47. The Labute approximate surface area is 199 Å². The SMILES string of the molecule is CN(c1ccc(-c2c(O)cc(-c3ccc(=O)n(C)c3)cc2F)nn1)C1CC(C)(C)NC(C)(C)C1. The van der Waals surface area contributed by atoms with E-state index in [2.05, 4.69) is 48.1 Å². The number of benzene rings is 1. The smallest absolute Gasteiger partial charge is 0.250 e. The lowest BCUT2D eigenvalue weighted by atomic mass is 9.79. The summed E-state index contributed by atoms with van der Waals surface area (Å²) in [7, 11) is 3.63. The van der Waals surface area contributed by atoms with Crippen molar-refractivity contribution < 1.29 is 9.50 Å². The number of hydrogen-bond acceptors (Lipinski definition) is 6. The first-order chi connectivity index (χ1) is 15.8. The third-order valence-electron chi connectivity index (χ3n) is 6.47. The van der Waals surface area contributed by atoms with Gasteiger partial charge in [0.05, 0.1) is 11.3 Å². The second-order valence-corrected chi connectivity index (χ2v) is 10.6. The zero-order valence-corrected chi connectivity index (χ0v) is 20.6. The number of piperidine rings is 1. The lowest BCUT2D eigenvalue weighted by Gasteiger charge is -2.49. The Morgan fingerprint density at radius 3 is 2.29 bits per heavy atom. The van der Waals surface area contributed by atoms with Crippen LogP contribution >= 0.6 is 0 Å². The van der Waals surface area contributed by atoms with Crippen molar-refractivity contribution in [1.82, 2.24) is 20.1 Å². The maximum atomic E-state index is 15.1. The Morgan fingerprint density at radius 1 is 1.06 bits per heavy atom. The summed E-state index contributed by atoms with van der Waals surface area (Å²) in [5.74, 6) is -0.147. The van der Waals surface area contributed by atoms with E-state index in [4.69, 9.17) is 0 Å². The number of rotatable bonds is 4. The number of phenolic OH excluding ortho intramolecular Hbond substituents is 1. The zero-order chi connectivity index (χ0) is 24.8. The number of anilines is 1. The predicted octanol–water partition coefficient (Wildman–Crippen LogP) is 4.10. The van der Waals surface area contributed by atoms with Gasteiger partial charge in [-0.3, -0.25) is 4.79 Å². The fourth-order valence-electron chi connectivity index (χ4n) is 5.15. The molecule has 2 aromatic heterocycles. The summed E-state index contributed by atoms with van der Waals surface area (Å²) in [6, 6.07) is 9.57. The number of phenols is 1. The summed E-state index contributed by atoms with van der Waals surface area (Å²) in [4.78, 5) is 13.8. The summed E-state index contributed by atoms with van der Waals surface area (Å²) in [6.07, 6.45) is 3.51. The molecule has 1 aromatic carbocycles. The van der Waals surface area contributed by atoms with Gasteiger partial charge in [-0.2, -0.15) is 0 Å². The van der Waals surface area contributed by atoms with Crippen molar-refractivity contribution in [3.8, 4) is 28.1 Å². The number of aromatic hydroxyl groups is 1. The van der Waals surface area contributed by atoms with E-state index in [-0.39, 0.29) is 39.7 Å². The van der Waals surface area contributed by atoms with E-state index in [1.54, 1.807) is 25.4 Å². The Kier molecular flexibility index (Phi) is 5.97. The summed E-state index contributed by atoms with van der Waals surface area (Å²) < 4.78 is 16.5. The van der Waals surface area contributed by atoms with E-state index in [0.717, 1.165) is 12.8 Å². The quantitative estimate of drug-likeness (QED) is 0.604. The molecular weight excluding hydrogens is 433 g/mol. The molecule has 34 heavy (non-hydrogen) atoms. The van der Waals surface area contributed by atoms with Crippen molar-refractivity contribution in [3.05, 3.63) is 58.8 Å². The Hall–Kier alpha value is -3.26. The van der Waals surface area contributed by atoms with Crippen LogP contribution in [0.5, 0.6) is 5.75 Å². The molecule has 0 unspecified atom stereocenters. The minimum absolute atomic E-state index is 0.000550. The summed E-state index contributed by atoms with van der Waals surface area (Å²) in [5, 5.41) is 22.9. The first kappa shape index (κ1) is 23.9. The van der Waals surface area contributed by atoms with E-state index >= 15 is 4.39 Å². The molecule has 3 aromatic rings. The molecule has 0 atom stereocenters. The molecule has 3 heterocycles. The van der Waals surface area contributed by atoms with Crippen LogP contribution in [0, 0.1) is 5.82 Å². The van der Waals surface area contributed by atoms with Crippen LogP contribution in [-0.4, -0.2) is 44.0 Å². The molecule has 1 saturated heterocycles. The van der Waals surface area contributed by atoms with Gasteiger partial charge in [0.15, 0.2) is 5.82 Å². The molecule has 1 aliphatic heterocycles. The van der Waals surface area contributed by atoms with Gasteiger partial charge in [0, 0.05) is 43.5 Å². The van der Waals surface area contributed by atoms with Crippen LogP contribution in [0.4, 0.5) is 10.2 Å². The van der Waals surface area contributed by atoms with E-state index in [0.29, 0.717) is 16.9 Å². The highest BCUT2D eigenvalue weighted by Gasteiger charge is 2.39. The molecule has 7 nitrogen and oxygen atoms in total. The minimum Gasteiger partial charge on any atom is -0.507 e. The molecule has 0 radical (unpaired) electrons. The van der Waals surface area contributed by atoms with Gasteiger partial charge < -0.3 is 19.9 Å². The van der Waals surface area contributed by atoms with E-state index in [1.165, 1.54) is 22.8 Å². The fraction of sp³-hybridized carbons (Fsp3) is 0.423. The fourth-order valence-corrected chi connectivity index (χ4v) is 5.15. The molecule has 1 aliphatic rings. The number of aromatic nitrogens is 3. The first-order valence-electron chi connectivity index (χ1n) is 11.4. The lowest BCUT2D eigenvalue weighted by Crippen LogP contribution is -2.62. The van der Waals surface area contributed by atoms with Gasteiger partial charge in [0.25, 0.3) is 0 Å². The van der Waals surface area contributed by atoms with Crippen molar-refractivity contribution in [2.45, 2.75) is 57.7 Å². The summed E-state index contributed by atoms with van der Waals surface area (Å²) in [5.41, 5.74) is 1.17. The number of aryl methyl sites for hydroxylation is 1. The molecule has 0 saturated carbocycles. The van der Waals surface area contributed by atoms with Gasteiger partial charge in [-0.05, 0) is 82.0 Å². The summed E-state index contributed by atoms with van der Waals surface area (Å²) in [6.45, 7) is 8.81. The Balaban J connectivity index is 1.60. The molecule has 0 aliphatic carbocycles. The van der Waals surface area contributed by atoms with Gasteiger partial charge in [-0.1, -0.05) is 0 Å². The predicted molar refractivity (Wildman–Crippen MR) is 132 cm³/mol. The van der Waals surface area contributed by atoms with Crippen LogP contribution in [0.1, 0.15) is 40.5 Å². The number of nitrogens with zero attached hydrogens (tertiary/aromatic N) is 4. The second kappa shape index (κ2) is 8.51. The molecule has 4 rings (SSSR count). The summed E-state index contributed by atoms with van der Waals surface area (Å²) >= 11 is 0. The van der Waals surface area contributed by atoms with Gasteiger partial charge in [-0.25, -0.2) is 4.39 Å². The number of hydrogen-bond donors (Lipinski definition) is 2. The van der Waals surface area contributed by atoms with Crippen LogP contribution in [0.2, 0.25) is 0 Å². The van der Waals surface area contributed by atoms with Gasteiger partial charge in [0.2, 0.25) is 5.56 Å². The van der Waals surface area contributed by atoms with Crippen molar-refractivity contribution in [2.75, 3.05) is 11.9 Å². The highest BCUT2D eigenvalue weighted by Crippen LogP contribution is 2.36. The standard InChI is InChI=1S/C26H32FN5O2/c1-25(2)13-18(14-26(3,4)30-25)32(6)22-9-8-20(28-29-22)24-19(27)11-17(12-21(24)33)16-7-10-23(34)31(5)15-16/h7-12,15,18,30,33H,13-14H2,1-6H3. The number of pyridine rings is 1. The Morgan fingerprint density at radius 2 is 1.74 bits per heavy atom. The van der Waals surface area contributed by atoms with E-state index in [1.807, 2.05) is 13.1 Å². The highest BCUT2D eigenvalue weighted by atomic mass is 19.1. The average Bonchev–Trinajstić information content (AvgIpc) is 2.73. The van der Waals surface area contributed by atoms with Crippen LogP contribution in [-0.2, 0) is 7.05 Å². The van der Waals surface area contributed by atoms with Crippen LogP contribution in [0.3, 0.4) is 0 Å². The monoisotopic (exact) mass is 465 g/mol. The van der Waals surface area contributed by atoms with Crippen molar-refractivity contribution in [3.63, 3.8) is 0 Å². The van der Waals surface area contributed by atoms with Crippen molar-refractivity contribution in [2.24, 2.45) is 7.05 Å². The van der Waals surface area contributed by atoms with Crippen LogP contribution < -0.4 is 15.8 Å².